The molecule has 2 aromatic rings. The molecule has 0 bridgehead atoms. The van der Waals surface area contributed by atoms with Crippen LogP contribution in [0.2, 0.25) is 10.0 Å². The van der Waals surface area contributed by atoms with Gasteiger partial charge in [-0.25, -0.2) is 0 Å². The van der Waals surface area contributed by atoms with Crippen LogP contribution in [0.1, 0.15) is 29.4 Å². The second kappa shape index (κ2) is 7.14. The van der Waals surface area contributed by atoms with Crippen molar-refractivity contribution in [2.45, 2.75) is 18.3 Å². The summed E-state index contributed by atoms with van der Waals surface area (Å²) >= 11 is 12.2. The molecule has 21 heavy (non-hydrogen) atoms. The van der Waals surface area contributed by atoms with Crippen LogP contribution in [0.25, 0.3) is 0 Å². The molecule has 0 aliphatic carbocycles. The van der Waals surface area contributed by atoms with Gasteiger partial charge in [0, 0.05) is 22.4 Å². The standard InChI is InChI=1S/C17H12Cl2N2/c18-13-6-7-17(19)15(10-13)16(11-21)14(8-9-20)12-4-2-1-3-5-12/h1-7,10,14,16H,8H2/t14-,16-/m1/s1. The predicted molar refractivity (Wildman–Crippen MR) is 84.2 cm³/mol. The van der Waals surface area contributed by atoms with E-state index in [9.17, 15) is 5.26 Å². The number of halogens is 2. The zero-order valence-electron chi connectivity index (χ0n) is 11.1. The minimum absolute atomic E-state index is 0.239. The first-order valence-electron chi connectivity index (χ1n) is 6.44. The second-order valence-corrected chi connectivity index (χ2v) is 5.50. The van der Waals surface area contributed by atoms with Crippen molar-refractivity contribution in [3.8, 4) is 12.1 Å². The Morgan fingerprint density at radius 2 is 1.71 bits per heavy atom. The van der Waals surface area contributed by atoms with E-state index < -0.39 is 5.92 Å². The van der Waals surface area contributed by atoms with Crippen molar-refractivity contribution < 1.29 is 0 Å². The van der Waals surface area contributed by atoms with Gasteiger partial charge < -0.3 is 0 Å². The lowest BCUT2D eigenvalue weighted by Gasteiger charge is -2.21. The van der Waals surface area contributed by atoms with Crippen LogP contribution < -0.4 is 0 Å². The fourth-order valence-corrected chi connectivity index (χ4v) is 2.77. The molecule has 0 aromatic heterocycles. The molecule has 0 saturated carbocycles. The van der Waals surface area contributed by atoms with Gasteiger partial charge in [-0.3, -0.25) is 0 Å². The third-order valence-electron chi connectivity index (χ3n) is 3.37. The molecule has 0 heterocycles. The summed E-state index contributed by atoms with van der Waals surface area (Å²) in [6, 6.07) is 19.0. The van der Waals surface area contributed by atoms with Crippen LogP contribution in [0, 0.1) is 22.7 Å². The van der Waals surface area contributed by atoms with Crippen molar-refractivity contribution in [3.63, 3.8) is 0 Å². The zero-order chi connectivity index (χ0) is 15.2. The number of hydrogen-bond donors (Lipinski definition) is 0. The number of rotatable bonds is 4. The Morgan fingerprint density at radius 3 is 2.33 bits per heavy atom. The maximum Gasteiger partial charge on any atom is 0.0805 e. The molecule has 2 nitrogen and oxygen atoms in total. The van der Waals surface area contributed by atoms with Gasteiger partial charge in [0.25, 0.3) is 0 Å². The van der Waals surface area contributed by atoms with Crippen molar-refractivity contribution in [1.82, 2.24) is 0 Å². The molecule has 2 rings (SSSR count). The maximum absolute atomic E-state index is 9.59. The Labute approximate surface area is 134 Å². The van der Waals surface area contributed by atoms with E-state index in [2.05, 4.69) is 12.1 Å². The highest BCUT2D eigenvalue weighted by molar-refractivity contribution is 6.33. The van der Waals surface area contributed by atoms with E-state index in [0.717, 1.165) is 5.56 Å². The van der Waals surface area contributed by atoms with Gasteiger partial charge in [-0.15, -0.1) is 0 Å². The lowest BCUT2D eigenvalue weighted by molar-refractivity contribution is 0.641. The molecular formula is C17H12Cl2N2. The summed E-state index contributed by atoms with van der Waals surface area (Å²) in [5, 5.41) is 19.7. The summed E-state index contributed by atoms with van der Waals surface area (Å²) in [4.78, 5) is 0. The Kier molecular flexibility index (Phi) is 5.23. The van der Waals surface area contributed by atoms with Crippen molar-refractivity contribution in [2.75, 3.05) is 0 Å². The summed E-state index contributed by atoms with van der Waals surface area (Å²) in [7, 11) is 0. The lowest BCUT2D eigenvalue weighted by Crippen LogP contribution is -2.10. The van der Waals surface area contributed by atoms with Crippen LogP contribution in [0.5, 0.6) is 0 Å². The van der Waals surface area contributed by atoms with E-state index in [1.165, 1.54) is 0 Å². The van der Waals surface area contributed by atoms with Gasteiger partial charge in [0.05, 0.1) is 18.1 Å². The normalized spacial score (nSPS) is 13.0. The topological polar surface area (TPSA) is 47.6 Å². The SMILES string of the molecule is N#CC[C@H](c1ccccc1)[C@@H](C#N)c1cc(Cl)ccc1Cl. The maximum atomic E-state index is 9.59. The van der Waals surface area contributed by atoms with E-state index in [1.807, 2.05) is 30.3 Å². The molecule has 0 unspecified atom stereocenters. The Balaban J connectivity index is 2.49. The van der Waals surface area contributed by atoms with Gasteiger partial charge in [0.15, 0.2) is 0 Å². The van der Waals surface area contributed by atoms with Crippen molar-refractivity contribution in [1.29, 1.82) is 10.5 Å². The fourth-order valence-electron chi connectivity index (χ4n) is 2.36. The van der Waals surface area contributed by atoms with Crippen LogP contribution in [-0.2, 0) is 0 Å². The Bertz CT molecular complexity index is 699. The molecule has 104 valence electrons. The average Bonchev–Trinajstić information content (AvgIpc) is 2.51. The molecular weight excluding hydrogens is 303 g/mol. The molecule has 4 heteroatoms. The number of hydrogen-bond acceptors (Lipinski definition) is 2. The lowest BCUT2D eigenvalue weighted by atomic mass is 9.80. The van der Waals surface area contributed by atoms with Crippen LogP contribution >= 0.6 is 23.2 Å². The number of benzene rings is 2. The Morgan fingerprint density at radius 1 is 1.00 bits per heavy atom. The number of nitriles is 2. The van der Waals surface area contributed by atoms with Gasteiger partial charge in [0.2, 0.25) is 0 Å². The monoisotopic (exact) mass is 314 g/mol. The minimum Gasteiger partial charge on any atom is -0.198 e. The van der Waals surface area contributed by atoms with E-state index in [-0.39, 0.29) is 12.3 Å². The first kappa shape index (κ1) is 15.4. The quantitative estimate of drug-likeness (QED) is 0.769. The van der Waals surface area contributed by atoms with E-state index in [1.54, 1.807) is 18.2 Å². The second-order valence-electron chi connectivity index (χ2n) is 4.65. The van der Waals surface area contributed by atoms with Gasteiger partial charge >= 0.3 is 0 Å². The van der Waals surface area contributed by atoms with Crippen LogP contribution in [0.3, 0.4) is 0 Å². The molecule has 0 N–H and O–H groups in total. The third-order valence-corrected chi connectivity index (χ3v) is 3.95. The average molecular weight is 315 g/mol. The first-order chi connectivity index (χ1) is 10.2. The zero-order valence-corrected chi connectivity index (χ0v) is 12.6. The van der Waals surface area contributed by atoms with E-state index in [0.29, 0.717) is 15.6 Å². The van der Waals surface area contributed by atoms with E-state index in [4.69, 9.17) is 28.5 Å². The summed E-state index contributed by atoms with van der Waals surface area (Å²) in [5.41, 5.74) is 1.61. The van der Waals surface area contributed by atoms with Crippen LogP contribution in [0.15, 0.2) is 48.5 Å². The third kappa shape index (κ3) is 3.56. The largest absolute Gasteiger partial charge is 0.198 e. The van der Waals surface area contributed by atoms with Gasteiger partial charge in [0.1, 0.15) is 0 Å². The Hall–Kier alpha value is -2.00. The molecule has 0 amide bonds. The molecule has 0 saturated heterocycles. The van der Waals surface area contributed by atoms with Crippen LogP contribution in [-0.4, -0.2) is 0 Å². The molecule has 0 aliphatic heterocycles. The molecule has 2 atom stereocenters. The summed E-state index contributed by atoms with van der Waals surface area (Å²) in [5.74, 6) is -0.754. The summed E-state index contributed by atoms with van der Waals surface area (Å²) < 4.78 is 0. The smallest absolute Gasteiger partial charge is 0.0805 e. The van der Waals surface area contributed by atoms with Crippen molar-refractivity contribution in [2.24, 2.45) is 0 Å². The highest BCUT2D eigenvalue weighted by Gasteiger charge is 2.26. The van der Waals surface area contributed by atoms with Gasteiger partial charge in [-0.05, 0) is 29.3 Å². The molecule has 0 spiro atoms. The summed E-state index contributed by atoms with van der Waals surface area (Å²) in [6.07, 6.45) is 0.241. The van der Waals surface area contributed by atoms with Crippen LogP contribution in [0.4, 0.5) is 0 Å². The molecule has 0 radical (unpaired) electrons. The van der Waals surface area contributed by atoms with Gasteiger partial charge in [-0.2, -0.15) is 10.5 Å². The summed E-state index contributed by atoms with van der Waals surface area (Å²) in [6.45, 7) is 0. The molecule has 0 fully saturated rings. The molecule has 2 aromatic carbocycles. The fraction of sp³-hybridized carbons (Fsp3) is 0.176. The first-order valence-corrected chi connectivity index (χ1v) is 7.19. The number of nitrogens with zero attached hydrogens (tertiary/aromatic N) is 2. The highest BCUT2D eigenvalue weighted by atomic mass is 35.5. The van der Waals surface area contributed by atoms with Gasteiger partial charge in [-0.1, -0.05) is 53.5 Å². The predicted octanol–water partition coefficient (Wildman–Crippen LogP) is 5.30. The molecule has 0 aliphatic rings. The highest BCUT2D eigenvalue weighted by Crippen LogP contribution is 2.39. The van der Waals surface area contributed by atoms with Crippen molar-refractivity contribution in [3.05, 3.63) is 69.7 Å². The van der Waals surface area contributed by atoms with E-state index >= 15 is 0 Å². The van der Waals surface area contributed by atoms with Crippen molar-refractivity contribution >= 4 is 23.2 Å². The minimum atomic E-state index is -0.516.